The summed E-state index contributed by atoms with van der Waals surface area (Å²) in [5.74, 6) is 0.676. The number of aryl methyl sites for hydroxylation is 1. The molecule has 0 radical (unpaired) electrons. The highest BCUT2D eigenvalue weighted by Gasteiger charge is 2.39. The Bertz CT molecular complexity index is 426. The zero-order valence-corrected chi connectivity index (χ0v) is 12.3. The van der Waals surface area contributed by atoms with Crippen molar-refractivity contribution >= 4 is 11.3 Å². The minimum Gasteiger partial charge on any atom is -0.323 e. The van der Waals surface area contributed by atoms with Gasteiger partial charge in [-0.2, -0.15) is 0 Å². The van der Waals surface area contributed by atoms with Crippen LogP contribution in [0.5, 0.6) is 0 Å². The topological polar surface area (TPSA) is 42.2 Å². The Morgan fingerprint density at radius 1 is 1.33 bits per heavy atom. The Balaban J connectivity index is 1.82. The van der Waals surface area contributed by atoms with Crippen molar-refractivity contribution in [3.8, 4) is 0 Å². The average molecular weight is 265 g/mol. The van der Waals surface area contributed by atoms with Gasteiger partial charge in [0.05, 0.1) is 10.7 Å². The van der Waals surface area contributed by atoms with Crippen LogP contribution in [-0.4, -0.2) is 29.0 Å². The molecule has 0 saturated carbocycles. The Kier molecular flexibility index (Phi) is 3.20. The molecular formula is C14H23N3S. The summed E-state index contributed by atoms with van der Waals surface area (Å²) in [6.45, 7) is 4.16. The van der Waals surface area contributed by atoms with Gasteiger partial charge in [-0.05, 0) is 46.6 Å². The first-order chi connectivity index (χ1) is 8.56. The number of fused-ring (bicyclic) bond motifs is 2. The monoisotopic (exact) mass is 265 g/mol. The number of nitrogens with two attached hydrogens (primary N) is 1. The van der Waals surface area contributed by atoms with E-state index < -0.39 is 0 Å². The number of hydrogen-bond acceptors (Lipinski definition) is 4. The largest absolute Gasteiger partial charge is 0.323 e. The van der Waals surface area contributed by atoms with Crippen molar-refractivity contribution in [3.05, 3.63) is 15.6 Å². The fourth-order valence-corrected chi connectivity index (χ4v) is 4.79. The summed E-state index contributed by atoms with van der Waals surface area (Å²) in [5, 5.41) is 1.34. The van der Waals surface area contributed by atoms with Crippen molar-refractivity contribution in [1.29, 1.82) is 0 Å². The van der Waals surface area contributed by atoms with Crippen molar-refractivity contribution in [3.63, 3.8) is 0 Å². The molecule has 2 aliphatic heterocycles. The molecule has 0 amide bonds. The maximum atomic E-state index is 6.01. The minimum absolute atomic E-state index is 0.124. The molecule has 1 aromatic heterocycles. The normalized spacial score (nSPS) is 33.9. The zero-order chi connectivity index (χ0) is 12.9. The van der Waals surface area contributed by atoms with E-state index in [1.54, 1.807) is 0 Å². The highest BCUT2D eigenvalue weighted by molar-refractivity contribution is 7.11. The van der Waals surface area contributed by atoms with E-state index >= 15 is 0 Å². The van der Waals surface area contributed by atoms with Crippen LogP contribution >= 0.6 is 11.3 Å². The Morgan fingerprint density at radius 2 is 1.94 bits per heavy atom. The SMILES string of the molecule is Cc1nc(C2CC3CCC(C2)N3C)sc1C(C)N. The molecule has 100 valence electrons. The van der Waals surface area contributed by atoms with Gasteiger partial charge in [-0.3, -0.25) is 0 Å². The van der Waals surface area contributed by atoms with Crippen LogP contribution < -0.4 is 5.73 Å². The van der Waals surface area contributed by atoms with Gasteiger partial charge in [-0.25, -0.2) is 4.98 Å². The number of nitrogens with zero attached hydrogens (tertiary/aromatic N) is 2. The van der Waals surface area contributed by atoms with Gasteiger partial charge in [0, 0.05) is 28.9 Å². The number of aromatic nitrogens is 1. The van der Waals surface area contributed by atoms with Gasteiger partial charge in [-0.15, -0.1) is 11.3 Å². The van der Waals surface area contributed by atoms with Gasteiger partial charge in [0.15, 0.2) is 0 Å². The average Bonchev–Trinajstić information content (AvgIpc) is 2.77. The Morgan fingerprint density at radius 3 is 2.44 bits per heavy atom. The molecule has 1 aromatic rings. The molecule has 2 saturated heterocycles. The first kappa shape index (κ1) is 12.6. The van der Waals surface area contributed by atoms with E-state index in [-0.39, 0.29) is 6.04 Å². The van der Waals surface area contributed by atoms with Crippen LogP contribution in [0.15, 0.2) is 0 Å². The number of thiazole rings is 1. The van der Waals surface area contributed by atoms with E-state index in [9.17, 15) is 0 Å². The second-order valence-electron chi connectivity index (χ2n) is 6.01. The second kappa shape index (κ2) is 4.58. The van der Waals surface area contributed by atoms with Crippen molar-refractivity contribution in [2.75, 3.05) is 7.05 Å². The van der Waals surface area contributed by atoms with Crippen LogP contribution in [0, 0.1) is 6.92 Å². The quantitative estimate of drug-likeness (QED) is 0.894. The van der Waals surface area contributed by atoms with E-state index in [1.807, 2.05) is 11.3 Å². The van der Waals surface area contributed by atoms with Gasteiger partial charge < -0.3 is 10.6 Å². The van der Waals surface area contributed by atoms with Crippen LogP contribution in [0.4, 0.5) is 0 Å². The van der Waals surface area contributed by atoms with E-state index in [4.69, 9.17) is 10.7 Å². The molecule has 2 aliphatic rings. The van der Waals surface area contributed by atoms with Gasteiger partial charge in [-0.1, -0.05) is 0 Å². The lowest BCUT2D eigenvalue weighted by Gasteiger charge is -2.35. The summed E-state index contributed by atoms with van der Waals surface area (Å²) in [5.41, 5.74) is 7.16. The summed E-state index contributed by atoms with van der Waals surface area (Å²) in [4.78, 5) is 8.66. The molecule has 0 aliphatic carbocycles. The van der Waals surface area contributed by atoms with E-state index in [0.29, 0.717) is 5.92 Å². The smallest absolute Gasteiger partial charge is 0.0963 e. The van der Waals surface area contributed by atoms with Gasteiger partial charge in [0.2, 0.25) is 0 Å². The lowest BCUT2D eigenvalue weighted by molar-refractivity contribution is 0.161. The summed E-state index contributed by atoms with van der Waals surface area (Å²) < 4.78 is 0. The molecule has 0 spiro atoms. The third-order valence-electron chi connectivity index (χ3n) is 4.71. The number of piperidine rings is 1. The molecule has 4 heteroatoms. The Labute approximate surface area is 113 Å². The fraction of sp³-hybridized carbons (Fsp3) is 0.786. The molecule has 18 heavy (non-hydrogen) atoms. The summed E-state index contributed by atoms with van der Waals surface area (Å²) in [7, 11) is 2.29. The molecular weight excluding hydrogens is 242 g/mol. The Hall–Kier alpha value is -0.450. The van der Waals surface area contributed by atoms with Crippen molar-refractivity contribution in [1.82, 2.24) is 9.88 Å². The second-order valence-corrected chi connectivity index (χ2v) is 7.07. The molecule has 3 rings (SSSR count). The molecule has 3 atom stereocenters. The minimum atomic E-state index is 0.124. The summed E-state index contributed by atoms with van der Waals surface area (Å²) in [6.07, 6.45) is 5.33. The predicted molar refractivity (Wildman–Crippen MR) is 76.0 cm³/mol. The van der Waals surface area contributed by atoms with Crippen LogP contribution in [0.2, 0.25) is 0 Å². The highest BCUT2D eigenvalue weighted by atomic mass is 32.1. The molecule has 2 N–H and O–H groups in total. The van der Waals surface area contributed by atoms with Crippen LogP contribution in [0.25, 0.3) is 0 Å². The predicted octanol–water partition coefficient (Wildman–Crippen LogP) is 2.81. The number of hydrogen-bond donors (Lipinski definition) is 1. The van der Waals surface area contributed by atoms with E-state index in [1.165, 1.54) is 35.6 Å². The molecule has 2 fully saturated rings. The maximum Gasteiger partial charge on any atom is 0.0963 e. The van der Waals surface area contributed by atoms with Crippen LogP contribution in [0.1, 0.15) is 60.1 Å². The van der Waals surface area contributed by atoms with Gasteiger partial charge in [0.1, 0.15) is 0 Å². The van der Waals surface area contributed by atoms with E-state index in [0.717, 1.165) is 17.8 Å². The summed E-state index contributed by atoms with van der Waals surface area (Å²) >= 11 is 1.85. The fourth-order valence-electron chi connectivity index (χ4n) is 3.64. The first-order valence-electron chi connectivity index (χ1n) is 7.01. The highest BCUT2D eigenvalue weighted by Crippen LogP contribution is 2.43. The number of rotatable bonds is 2. The van der Waals surface area contributed by atoms with E-state index in [2.05, 4.69) is 25.8 Å². The first-order valence-corrected chi connectivity index (χ1v) is 7.82. The lowest BCUT2D eigenvalue weighted by atomic mass is 9.92. The van der Waals surface area contributed by atoms with Crippen molar-refractivity contribution < 1.29 is 0 Å². The zero-order valence-electron chi connectivity index (χ0n) is 11.5. The lowest BCUT2D eigenvalue weighted by Crippen LogP contribution is -2.39. The molecule has 3 nitrogen and oxygen atoms in total. The molecule has 0 aromatic carbocycles. The molecule has 3 unspecified atom stereocenters. The maximum absolute atomic E-state index is 6.01. The van der Waals surface area contributed by atoms with Crippen LogP contribution in [0.3, 0.4) is 0 Å². The van der Waals surface area contributed by atoms with Gasteiger partial charge >= 0.3 is 0 Å². The third-order valence-corrected chi connectivity index (χ3v) is 6.23. The standard InChI is InChI=1S/C14H23N3S/c1-8(15)13-9(2)16-14(18-13)10-6-11-4-5-12(7-10)17(11)3/h8,10-12H,4-7,15H2,1-3H3. The molecule has 2 bridgehead atoms. The van der Waals surface area contributed by atoms with Crippen LogP contribution in [-0.2, 0) is 0 Å². The van der Waals surface area contributed by atoms with Gasteiger partial charge in [0.25, 0.3) is 0 Å². The molecule has 3 heterocycles. The summed E-state index contributed by atoms with van der Waals surface area (Å²) in [6, 6.07) is 1.70. The third kappa shape index (κ3) is 2.00. The van der Waals surface area contributed by atoms with Crippen molar-refractivity contribution in [2.45, 2.75) is 63.6 Å². The van der Waals surface area contributed by atoms with Crippen molar-refractivity contribution in [2.24, 2.45) is 5.73 Å².